The van der Waals surface area contributed by atoms with Crippen LogP contribution in [0.15, 0.2) is 22.7 Å². The molecule has 4 nitrogen and oxygen atoms in total. The van der Waals surface area contributed by atoms with Crippen molar-refractivity contribution in [3.63, 3.8) is 0 Å². The Kier molecular flexibility index (Phi) is 4.76. The SMILES string of the molecule is COc1ccc(Br)c(CN[C@@H](C)C(N)=O)c1. The maximum Gasteiger partial charge on any atom is 0.234 e. The number of methoxy groups -OCH3 is 1. The molecule has 5 heteroatoms. The van der Waals surface area contributed by atoms with Crippen LogP contribution in [0.4, 0.5) is 0 Å². The Bertz CT molecular complexity index is 382. The third kappa shape index (κ3) is 3.50. The number of ether oxygens (including phenoxy) is 1. The second-order valence-electron chi connectivity index (χ2n) is 3.46. The molecule has 1 aromatic carbocycles. The minimum absolute atomic E-state index is 0.349. The number of carbonyl (C=O) groups is 1. The Balaban J connectivity index is 2.69. The van der Waals surface area contributed by atoms with Gasteiger partial charge < -0.3 is 15.8 Å². The fourth-order valence-electron chi connectivity index (χ4n) is 1.18. The van der Waals surface area contributed by atoms with Crippen molar-refractivity contribution >= 4 is 21.8 Å². The van der Waals surface area contributed by atoms with Gasteiger partial charge in [-0.1, -0.05) is 15.9 Å². The average Bonchev–Trinajstić information content (AvgIpc) is 2.27. The van der Waals surface area contributed by atoms with Crippen molar-refractivity contribution in [3.05, 3.63) is 28.2 Å². The first-order chi connectivity index (χ1) is 7.54. The number of halogens is 1. The van der Waals surface area contributed by atoms with Crippen LogP contribution in [0.3, 0.4) is 0 Å². The molecular weight excluding hydrogens is 272 g/mol. The number of amides is 1. The van der Waals surface area contributed by atoms with E-state index in [9.17, 15) is 4.79 Å². The highest BCUT2D eigenvalue weighted by Crippen LogP contribution is 2.22. The minimum Gasteiger partial charge on any atom is -0.497 e. The first-order valence-electron chi connectivity index (χ1n) is 4.89. The number of hydrogen-bond donors (Lipinski definition) is 2. The van der Waals surface area contributed by atoms with Crippen LogP contribution in [0.25, 0.3) is 0 Å². The molecule has 0 fully saturated rings. The molecule has 0 aliphatic heterocycles. The van der Waals surface area contributed by atoms with Crippen molar-refractivity contribution in [1.29, 1.82) is 0 Å². The standard InChI is InChI=1S/C11H15BrN2O2/c1-7(11(13)15)14-6-8-5-9(16-2)3-4-10(8)12/h3-5,7,14H,6H2,1-2H3,(H2,13,15)/t7-/m0/s1. The van der Waals surface area contributed by atoms with E-state index in [1.54, 1.807) is 14.0 Å². The van der Waals surface area contributed by atoms with E-state index in [1.807, 2.05) is 18.2 Å². The summed E-state index contributed by atoms with van der Waals surface area (Å²) < 4.78 is 6.09. The number of rotatable bonds is 5. The first-order valence-corrected chi connectivity index (χ1v) is 5.69. The third-order valence-corrected chi connectivity index (χ3v) is 3.05. The van der Waals surface area contributed by atoms with Crippen LogP contribution in [0, 0.1) is 0 Å². The van der Waals surface area contributed by atoms with Crippen molar-refractivity contribution in [2.75, 3.05) is 7.11 Å². The molecule has 0 unspecified atom stereocenters. The number of benzene rings is 1. The molecule has 3 N–H and O–H groups in total. The highest BCUT2D eigenvalue weighted by molar-refractivity contribution is 9.10. The summed E-state index contributed by atoms with van der Waals surface area (Å²) in [5.41, 5.74) is 6.18. The summed E-state index contributed by atoms with van der Waals surface area (Å²) in [4.78, 5) is 10.9. The van der Waals surface area contributed by atoms with E-state index >= 15 is 0 Å². The van der Waals surface area contributed by atoms with E-state index < -0.39 is 0 Å². The van der Waals surface area contributed by atoms with E-state index in [-0.39, 0.29) is 11.9 Å². The van der Waals surface area contributed by atoms with Crippen LogP contribution in [0.2, 0.25) is 0 Å². The molecule has 88 valence electrons. The fraction of sp³-hybridized carbons (Fsp3) is 0.364. The second kappa shape index (κ2) is 5.86. The molecule has 16 heavy (non-hydrogen) atoms. The van der Waals surface area contributed by atoms with Gasteiger partial charge in [0, 0.05) is 11.0 Å². The van der Waals surface area contributed by atoms with Crippen molar-refractivity contribution in [2.24, 2.45) is 5.73 Å². The first kappa shape index (κ1) is 13.0. The van der Waals surface area contributed by atoms with Crippen LogP contribution in [-0.4, -0.2) is 19.1 Å². The summed E-state index contributed by atoms with van der Waals surface area (Å²) in [5.74, 6) is 0.422. The summed E-state index contributed by atoms with van der Waals surface area (Å²) in [6.07, 6.45) is 0. The van der Waals surface area contributed by atoms with Gasteiger partial charge in [-0.3, -0.25) is 4.79 Å². The van der Waals surface area contributed by atoms with Crippen molar-refractivity contribution < 1.29 is 9.53 Å². The number of hydrogen-bond acceptors (Lipinski definition) is 3. The van der Waals surface area contributed by atoms with E-state index in [1.165, 1.54) is 0 Å². The number of nitrogens with two attached hydrogens (primary N) is 1. The summed E-state index contributed by atoms with van der Waals surface area (Å²) in [7, 11) is 1.62. The number of carbonyl (C=O) groups excluding carboxylic acids is 1. The monoisotopic (exact) mass is 286 g/mol. The van der Waals surface area contributed by atoms with Gasteiger partial charge in [-0.15, -0.1) is 0 Å². The Hall–Kier alpha value is -1.07. The topological polar surface area (TPSA) is 64.3 Å². The molecule has 0 saturated heterocycles. The van der Waals surface area contributed by atoms with Gasteiger partial charge in [0.1, 0.15) is 5.75 Å². The second-order valence-corrected chi connectivity index (χ2v) is 4.32. The normalized spacial score (nSPS) is 12.2. The molecular formula is C11H15BrN2O2. The largest absolute Gasteiger partial charge is 0.497 e. The highest BCUT2D eigenvalue weighted by atomic mass is 79.9. The quantitative estimate of drug-likeness (QED) is 0.861. The van der Waals surface area contributed by atoms with E-state index in [2.05, 4.69) is 21.2 Å². The molecule has 0 heterocycles. The van der Waals surface area contributed by atoms with Crippen LogP contribution in [0.5, 0.6) is 5.75 Å². The van der Waals surface area contributed by atoms with Gasteiger partial charge in [-0.25, -0.2) is 0 Å². The minimum atomic E-state index is -0.362. The van der Waals surface area contributed by atoms with E-state index in [4.69, 9.17) is 10.5 Å². The number of nitrogens with one attached hydrogen (secondary N) is 1. The lowest BCUT2D eigenvalue weighted by Gasteiger charge is -2.12. The predicted molar refractivity (Wildman–Crippen MR) is 66.2 cm³/mol. The van der Waals surface area contributed by atoms with Crippen molar-refractivity contribution in [2.45, 2.75) is 19.5 Å². The van der Waals surface area contributed by atoms with Gasteiger partial charge >= 0.3 is 0 Å². The molecule has 0 radical (unpaired) electrons. The van der Waals surface area contributed by atoms with Gasteiger partial charge in [0.25, 0.3) is 0 Å². The summed E-state index contributed by atoms with van der Waals surface area (Å²) in [5, 5.41) is 3.03. The lowest BCUT2D eigenvalue weighted by atomic mass is 10.2. The van der Waals surface area contributed by atoms with Gasteiger partial charge in [0.15, 0.2) is 0 Å². The predicted octanol–water partition coefficient (Wildman–Crippen LogP) is 1.42. The van der Waals surface area contributed by atoms with Crippen LogP contribution in [0.1, 0.15) is 12.5 Å². The third-order valence-electron chi connectivity index (χ3n) is 2.28. The Morgan fingerprint density at radius 3 is 2.88 bits per heavy atom. The Morgan fingerprint density at radius 2 is 2.31 bits per heavy atom. The summed E-state index contributed by atoms with van der Waals surface area (Å²) >= 11 is 3.44. The maximum atomic E-state index is 10.9. The van der Waals surface area contributed by atoms with Crippen LogP contribution in [-0.2, 0) is 11.3 Å². The van der Waals surface area contributed by atoms with E-state index in [0.717, 1.165) is 15.8 Å². The van der Waals surface area contributed by atoms with Gasteiger partial charge in [0.2, 0.25) is 5.91 Å². The molecule has 1 rings (SSSR count). The lowest BCUT2D eigenvalue weighted by molar-refractivity contribution is -0.119. The summed E-state index contributed by atoms with van der Waals surface area (Å²) in [6, 6.07) is 5.33. The molecule has 1 amide bonds. The molecule has 1 aromatic rings. The zero-order chi connectivity index (χ0) is 12.1. The average molecular weight is 287 g/mol. The molecule has 0 aliphatic carbocycles. The Morgan fingerprint density at radius 1 is 1.62 bits per heavy atom. The molecule has 1 atom stereocenters. The molecule has 0 saturated carbocycles. The lowest BCUT2D eigenvalue weighted by Crippen LogP contribution is -2.38. The molecule has 0 bridgehead atoms. The van der Waals surface area contributed by atoms with Crippen LogP contribution < -0.4 is 15.8 Å². The Labute approximate surface area is 103 Å². The smallest absolute Gasteiger partial charge is 0.234 e. The van der Waals surface area contributed by atoms with Crippen molar-refractivity contribution in [3.8, 4) is 5.75 Å². The van der Waals surface area contributed by atoms with E-state index in [0.29, 0.717) is 6.54 Å². The van der Waals surface area contributed by atoms with Crippen molar-refractivity contribution in [1.82, 2.24) is 5.32 Å². The maximum absolute atomic E-state index is 10.9. The van der Waals surface area contributed by atoms with Gasteiger partial charge in [-0.05, 0) is 30.7 Å². The zero-order valence-corrected chi connectivity index (χ0v) is 10.9. The fourth-order valence-corrected chi connectivity index (χ4v) is 1.56. The highest BCUT2D eigenvalue weighted by Gasteiger charge is 2.09. The number of primary amides is 1. The van der Waals surface area contributed by atoms with Gasteiger partial charge in [0.05, 0.1) is 13.2 Å². The summed E-state index contributed by atoms with van der Waals surface area (Å²) in [6.45, 7) is 2.29. The molecule has 0 aromatic heterocycles. The van der Waals surface area contributed by atoms with Gasteiger partial charge in [-0.2, -0.15) is 0 Å². The molecule has 0 spiro atoms. The zero-order valence-electron chi connectivity index (χ0n) is 9.29. The van der Waals surface area contributed by atoms with Crippen LogP contribution >= 0.6 is 15.9 Å². The molecule has 0 aliphatic rings.